The minimum Gasteiger partial charge on any atom is -0.469 e. The minimum atomic E-state index is -0.0556. The van der Waals surface area contributed by atoms with Crippen molar-refractivity contribution in [1.29, 1.82) is 0 Å². The number of carbonyl (C=O) groups excluding carboxylic acids is 1. The Morgan fingerprint density at radius 2 is 2.15 bits per heavy atom. The molecule has 0 aliphatic heterocycles. The van der Waals surface area contributed by atoms with Crippen LogP contribution in [0.1, 0.15) is 25.2 Å². The fourth-order valence-electron chi connectivity index (χ4n) is 2.15. The molecule has 1 amide bonds. The van der Waals surface area contributed by atoms with Gasteiger partial charge in [0.25, 0.3) is 0 Å². The van der Waals surface area contributed by atoms with Crippen LogP contribution in [-0.4, -0.2) is 11.9 Å². The highest BCUT2D eigenvalue weighted by Crippen LogP contribution is 2.20. The lowest BCUT2D eigenvalue weighted by molar-refractivity contribution is -0.114. The molecule has 106 valence electrons. The number of furan rings is 1. The van der Waals surface area contributed by atoms with Crippen LogP contribution >= 0.6 is 0 Å². The normalized spacial score (nSPS) is 11.9. The van der Waals surface area contributed by atoms with Crippen molar-refractivity contribution in [1.82, 2.24) is 0 Å². The third-order valence-electron chi connectivity index (χ3n) is 3.04. The van der Waals surface area contributed by atoms with Crippen LogP contribution in [0.5, 0.6) is 0 Å². The van der Waals surface area contributed by atoms with Crippen molar-refractivity contribution >= 4 is 17.3 Å². The molecule has 4 heteroatoms. The predicted octanol–water partition coefficient (Wildman–Crippen LogP) is 3.59. The molecule has 0 aliphatic carbocycles. The third kappa shape index (κ3) is 3.88. The number of benzene rings is 1. The number of anilines is 2. The molecule has 0 aliphatic rings. The molecule has 0 spiro atoms. The Morgan fingerprint density at radius 1 is 1.35 bits per heavy atom. The molecule has 4 nitrogen and oxygen atoms in total. The van der Waals surface area contributed by atoms with Gasteiger partial charge in [0.05, 0.1) is 6.26 Å². The molecule has 0 radical (unpaired) electrons. The van der Waals surface area contributed by atoms with Gasteiger partial charge in [-0.25, -0.2) is 0 Å². The summed E-state index contributed by atoms with van der Waals surface area (Å²) < 4.78 is 5.34. The second kappa shape index (κ2) is 6.28. The lowest BCUT2D eigenvalue weighted by atomic mass is 10.1. The molecule has 0 saturated heterocycles. The van der Waals surface area contributed by atoms with Gasteiger partial charge in [-0.05, 0) is 49.7 Å². The number of hydrogen-bond donors (Lipinski definition) is 2. The summed E-state index contributed by atoms with van der Waals surface area (Å²) in [6.45, 7) is 5.60. The van der Waals surface area contributed by atoms with Gasteiger partial charge in [0.15, 0.2) is 0 Å². The third-order valence-corrected chi connectivity index (χ3v) is 3.04. The Kier molecular flexibility index (Phi) is 4.45. The van der Waals surface area contributed by atoms with Crippen LogP contribution in [-0.2, 0) is 11.2 Å². The van der Waals surface area contributed by atoms with E-state index in [2.05, 4.69) is 17.6 Å². The van der Waals surface area contributed by atoms with Crippen LogP contribution < -0.4 is 10.6 Å². The summed E-state index contributed by atoms with van der Waals surface area (Å²) in [5.41, 5.74) is 2.92. The molecule has 2 rings (SSSR count). The largest absolute Gasteiger partial charge is 0.469 e. The lowest BCUT2D eigenvalue weighted by Crippen LogP contribution is -2.18. The summed E-state index contributed by atoms with van der Waals surface area (Å²) in [5.74, 6) is 0.914. The van der Waals surface area contributed by atoms with Crippen molar-refractivity contribution in [2.24, 2.45) is 0 Å². The quantitative estimate of drug-likeness (QED) is 0.874. The molecule has 1 aromatic carbocycles. The highest BCUT2D eigenvalue weighted by Gasteiger charge is 2.07. The van der Waals surface area contributed by atoms with Crippen LogP contribution in [0.25, 0.3) is 0 Å². The lowest BCUT2D eigenvalue weighted by Gasteiger charge is -2.16. The summed E-state index contributed by atoms with van der Waals surface area (Å²) >= 11 is 0. The highest BCUT2D eigenvalue weighted by atomic mass is 16.3. The number of hydrogen-bond acceptors (Lipinski definition) is 3. The van der Waals surface area contributed by atoms with E-state index in [9.17, 15) is 4.79 Å². The topological polar surface area (TPSA) is 54.3 Å². The van der Waals surface area contributed by atoms with Crippen LogP contribution in [0.15, 0.2) is 41.0 Å². The van der Waals surface area contributed by atoms with Gasteiger partial charge in [0, 0.05) is 30.8 Å². The fraction of sp³-hybridized carbons (Fsp3) is 0.312. The Labute approximate surface area is 119 Å². The number of nitrogens with one attached hydrogen (secondary N) is 2. The van der Waals surface area contributed by atoms with Gasteiger partial charge >= 0.3 is 0 Å². The molecule has 2 aromatic rings. The summed E-state index contributed by atoms with van der Waals surface area (Å²) in [4.78, 5) is 11.1. The first-order valence-electron chi connectivity index (χ1n) is 6.72. The van der Waals surface area contributed by atoms with E-state index in [-0.39, 0.29) is 11.9 Å². The Hall–Kier alpha value is -2.23. The van der Waals surface area contributed by atoms with E-state index in [1.54, 1.807) is 6.26 Å². The maximum atomic E-state index is 11.1. The summed E-state index contributed by atoms with van der Waals surface area (Å²) in [6, 6.07) is 10.1. The van der Waals surface area contributed by atoms with Gasteiger partial charge < -0.3 is 15.1 Å². The molecule has 1 aromatic heterocycles. The molecule has 1 atom stereocenters. The number of carbonyl (C=O) groups is 1. The Morgan fingerprint density at radius 3 is 2.75 bits per heavy atom. The predicted molar refractivity (Wildman–Crippen MR) is 81.0 cm³/mol. The minimum absolute atomic E-state index is 0.0556. The smallest absolute Gasteiger partial charge is 0.221 e. The standard InChI is InChI=1S/C16H20N2O2/c1-11-9-14(6-7-16(11)18-13(3)19)17-12(2)10-15-5-4-8-20-15/h4-9,12,17H,10H2,1-3H3,(H,18,19). The maximum absolute atomic E-state index is 11.1. The number of amides is 1. The molecular formula is C16H20N2O2. The van der Waals surface area contributed by atoms with Crippen molar-refractivity contribution in [3.63, 3.8) is 0 Å². The maximum Gasteiger partial charge on any atom is 0.221 e. The second-order valence-corrected chi connectivity index (χ2v) is 5.04. The number of rotatable bonds is 5. The van der Waals surface area contributed by atoms with Gasteiger partial charge in [-0.2, -0.15) is 0 Å². The number of aryl methyl sites for hydroxylation is 1. The average molecular weight is 272 g/mol. The van der Waals surface area contributed by atoms with Crippen LogP contribution in [0, 0.1) is 6.92 Å². The Bertz CT molecular complexity index is 576. The van der Waals surface area contributed by atoms with Crippen molar-refractivity contribution in [3.8, 4) is 0 Å². The van der Waals surface area contributed by atoms with E-state index in [4.69, 9.17) is 4.42 Å². The average Bonchev–Trinajstić information content (AvgIpc) is 2.85. The summed E-state index contributed by atoms with van der Waals surface area (Å²) in [7, 11) is 0. The molecule has 1 heterocycles. The zero-order valence-corrected chi connectivity index (χ0v) is 12.1. The first-order valence-corrected chi connectivity index (χ1v) is 6.72. The van der Waals surface area contributed by atoms with E-state index in [0.717, 1.165) is 29.1 Å². The van der Waals surface area contributed by atoms with Crippen LogP contribution in [0.4, 0.5) is 11.4 Å². The molecule has 0 bridgehead atoms. The van der Waals surface area contributed by atoms with Crippen molar-refractivity contribution < 1.29 is 9.21 Å². The van der Waals surface area contributed by atoms with E-state index >= 15 is 0 Å². The molecule has 0 fully saturated rings. The summed E-state index contributed by atoms with van der Waals surface area (Å²) in [5, 5.41) is 6.24. The van der Waals surface area contributed by atoms with Gasteiger partial charge in [-0.1, -0.05) is 0 Å². The first kappa shape index (κ1) is 14.2. The monoisotopic (exact) mass is 272 g/mol. The van der Waals surface area contributed by atoms with E-state index < -0.39 is 0 Å². The van der Waals surface area contributed by atoms with Crippen LogP contribution in [0.2, 0.25) is 0 Å². The highest BCUT2D eigenvalue weighted by molar-refractivity contribution is 5.89. The summed E-state index contributed by atoms with van der Waals surface area (Å²) in [6.07, 6.45) is 2.52. The van der Waals surface area contributed by atoms with Gasteiger partial charge in [0.1, 0.15) is 5.76 Å². The van der Waals surface area contributed by atoms with E-state index in [1.165, 1.54) is 6.92 Å². The zero-order chi connectivity index (χ0) is 14.5. The van der Waals surface area contributed by atoms with Gasteiger partial charge in [-0.3, -0.25) is 4.79 Å². The van der Waals surface area contributed by atoms with Crippen molar-refractivity contribution in [3.05, 3.63) is 47.9 Å². The molecule has 0 saturated carbocycles. The SMILES string of the molecule is CC(=O)Nc1ccc(NC(C)Cc2ccco2)cc1C. The van der Waals surface area contributed by atoms with Crippen LogP contribution in [0.3, 0.4) is 0 Å². The van der Waals surface area contributed by atoms with Crippen molar-refractivity contribution in [2.45, 2.75) is 33.2 Å². The molecule has 20 heavy (non-hydrogen) atoms. The molecule has 1 unspecified atom stereocenters. The Balaban J connectivity index is 1.99. The van der Waals surface area contributed by atoms with E-state index in [1.807, 2.05) is 37.3 Å². The zero-order valence-electron chi connectivity index (χ0n) is 12.1. The van der Waals surface area contributed by atoms with Gasteiger partial charge in [-0.15, -0.1) is 0 Å². The second-order valence-electron chi connectivity index (χ2n) is 5.04. The van der Waals surface area contributed by atoms with Gasteiger partial charge in [0.2, 0.25) is 5.91 Å². The fourth-order valence-corrected chi connectivity index (χ4v) is 2.15. The molecule has 2 N–H and O–H groups in total. The molecular weight excluding hydrogens is 252 g/mol. The van der Waals surface area contributed by atoms with Crippen molar-refractivity contribution in [2.75, 3.05) is 10.6 Å². The van der Waals surface area contributed by atoms with E-state index in [0.29, 0.717) is 0 Å². The first-order chi connectivity index (χ1) is 9.54.